The van der Waals surface area contributed by atoms with E-state index in [1.54, 1.807) is 10.9 Å². The molecule has 0 atom stereocenters. The van der Waals surface area contributed by atoms with Gasteiger partial charge in [0.05, 0.1) is 11.9 Å². The van der Waals surface area contributed by atoms with E-state index in [-0.39, 0.29) is 5.41 Å². The Bertz CT molecular complexity index is 669. The molecule has 0 bridgehead atoms. The zero-order valence-electron chi connectivity index (χ0n) is 10.7. The van der Waals surface area contributed by atoms with Crippen LogP contribution in [0, 0.1) is 0 Å². The number of benzene rings is 1. The second-order valence-electron chi connectivity index (χ2n) is 5.40. The molecule has 0 amide bonds. The van der Waals surface area contributed by atoms with Crippen LogP contribution in [0.2, 0.25) is 0 Å². The number of nitrogens with zero attached hydrogens (tertiary/aromatic N) is 4. The van der Waals surface area contributed by atoms with Crippen molar-refractivity contribution in [2.45, 2.75) is 26.2 Å². The average Bonchev–Trinajstić information content (AvgIpc) is 2.89. The number of H-pyrrole nitrogens is 1. The van der Waals surface area contributed by atoms with Crippen LogP contribution in [0.1, 0.15) is 26.3 Å². The fourth-order valence-corrected chi connectivity index (χ4v) is 1.92. The molecule has 2 aromatic heterocycles. The van der Waals surface area contributed by atoms with Crippen molar-refractivity contribution >= 4 is 11.2 Å². The molecule has 0 aliphatic rings. The second kappa shape index (κ2) is 3.66. The number of rotatable bonds is 1. The fourth-order valence-electron chi connectivity index (χ4n) is 1.92. The standard InChI is InChI=1S/C13H15N5/c1-13(2,3)9-4-6-10(7-5-9)18-12-11(15-17-18)8-14-16-12/h4-8H,1-3H3,(H,14,16). The molecule has 0 fully saturated rings. The van der Waals surface area contributed by atoms with Crippen LogP contribution in [0.5, 0.6) is 0 Å². The van der Waals surface area contributed by atoms with Crippen molar-refractivity contribution in [3.05, 3.63) is 36.0 Å². The van der Waals surface area contributed by atoms with Crippen molar-refractivity contribution in [3.8, 4) is 5.69 Å². The monoisotopic (exact) mass is 241 g/mol. The third-order valence-corrected chi connectivity index (χ3v) is 3.03. The normalized spacial score (nSPS) is 12.2. The first kappa shape index (κ1) is 11.0. The maximum Gasteiger partial charge on any atom is 0.179 e. The van der Waals surface area contributed by atoms with Crippen LogP contribution in [0.15, 0.2) is 30.5 Å². The highest BCUT2D eigenvalue weighted by molar-refractivity contribution is 5.70. The minimum atomic E-state index is 0.157. The van der Waals surface area contributed by atoms with Crippen LogP contribution >= 0.6 is 0 Å². The molecule has 0 saturated carbocycles. The van der Waals surface area contributed by atoms with Gasteiger partial charge in [-0.05, 0) is 23.1 Å². The Morgan fingerprint density at radius 2 is 1.83 bits per heavy atom. The largest absolute Gasteiger partial charge is 0.259 e. The van der Waals surface area contributed by atoms with Crippen molar-refractivity contribution in [2.75, 3.05) is 0 Å². The molecule has 0 radical (unpaired) electrons. The minimum absolute atomic E-state index is 0.157. The van der Waals surface area contributed by atoms with E-state index < -0.39 is 0 Å². The topological polar surface area (TPSA) is 59.4 Å². The molecule has 2 heterocycles. The van der Waals surface area contributed by atoms with Gasteiger partial charge in [0.25, 0.3) is 0 Å². The molecule has 1 N–H and O–H groups in total. The predicted molar refractivity (Wildman–Crippen MR) is 69.7 cm³/mol. The summed E-state index contributed by atoms with van der Waals surface area (Å²) in [5.41, 5.74) is 4.03. The van der Waals surface area contributed by atoms with Gasteiger partial charge in [-0.25, -0.2) is 0 Å². The number of hydrogen-bond acceptors (Lipinski definition) is 3. The van der Waals surface area contributed by atoms with Gasteiger partial charge in [0.15, 0.2) is 11.2 Å². The van der Waals surface area contributed by atoms with Gasteiger partial charge in [-0.3, -0.25) is 5.10 Å². The Morgan fingerprint density at radius 1 is 1.11 bits per heavy atom. The van der Waals surface area contributed by atoms with Gasteiger partial charge in [0.2, 0.25) is 0 Å². The van der Waals surface area contributed by atoms with Crippen molar-refractivity contribution in [2.24, 2.45) is 0 Å². The molecule has 0 aliphatic carbocycles. The van der Waals surface area contributed by atoms with Crippen LogP contribution in [-0.4, -0.2) is 25.2 Å². The van der Waals surface area contributed by atoms with E-state index in [9.17, 15) is 0 Å². The molecule has 0 saturated heterocycles. The predicted octanol–water partition coefficient (Wildman–Crippen LogP) is 2.44. The van der Waals surface area contributed by atoms with Gasteiger partial charge in [-0.1, -0.05) is 38.1 Å². The lowest BCUT2D eigenvalue weighted by Crippen LogP contribution is -2.11. The van der Waals surface area contributed by atoms with Gasteiger partial charge in [0, 0.05) is 0 Å². The van der Waals surface area contributed by atoms with Crippen LogP contribution in [0.25, 0.3) is 16.9 Å². The lowest BCUT2D eigenvalue weighted by Gasteiger charge is -2.19. The fraction of sp³-hybridized carbons (Fsp3) is 0.308. The molecule has 18 heavy (non-hydrogen) atoms. The van der Waals surface area contributed by atoms with Crippen molar-refractivity contribution in [1.82, 2.24) is 25.2 Å². The molecular formula is C13H15N5. The van der Waals surface area contributed by atoms with E-state index in [1.807, 2.05) is 0 Å². The maximum atomic E-state index is 4.11. The third-order valence-electron chi connectivity index (χ3n) is 3.03. The van der Waals surface area contributed by atoms with Crippen LogP contribution < -0.4 is 0 Å². The number of aromatic amines is 1. The minimum Gasteiger partial charge on any atom is -0.259 e. The van der Waals surface area contributed by atoms with Gasteiger partial charge >= 0.3 is 0 Å². The quantitative estimate of drug-likeness (QED) is 0.711. The Hall–Kier alpha value is -2.17. The summed E-state index contributed by atoms with van der Waals surface area (Å²) in [6, 6.07) is 8.35. The van der Waals surface area contributed by atoms with E-state index in [2.05, 4.69) is 65.5 Å². The first-order chi connectivity index (χ1) is 8.55. The Labute approximate surface area is 105 Å². The zero-order chi connectivity index (χ0) is 12.8. The number of fused-ring (bicyclic) bond motifs is 1. The summed E-state index contributed by atoms with van der Waals surface area (Å²) in [7, 11) is 0. The third kappa shape index (κ3) is 1.68. The highest BCUT2D eigenvalue weighted by atomic mass is 15.5. The van der Waals surface area contributed by atoms with E-state index >= 15 is 0 Å². The van der Waals surface area contributed by atoms with Crippen molar-refractivity contribution < 1.29 is 0 Å². The lowest BCUT2D eigenvalue weighted by molar-refractivity contribution is 0.590. The summed E-state index contributed by atoms with van der Waals surface area (Å²) >= 11 is 0. The second-order valence-corrected chi connectivity index (χ2v) is 5.40. The highest BCUT2D eigenvalue weighted by Gasteiger charge is 2.14. The molecule has 0 spiro atoms. The molecule has 92 valence electrons. The summed E-state index contributed by atoms with van der Waals surface area (Å²) in [5.74, 6) is 0. The Kier molecular flexibility index (Phi) is 2.23. The average molecular weight is 241 g/mol. The molecule has 0 unspecified atom stereocenters. The SMILES string of the molecule is CC(C)(C)c1ccc(-n2nnc3cn[nH]c32)cc1. The van der Waals surface area contributed by atoms with Crippen LogP contribution in [0.4, 0.5) is 0 Å². The van der Waals surface area contributed by atoms with Gasteiger partial charge < -0.3 is 0 Å². The first-order valence-electron chi connectivity index (χ1n) is 5.91. The van der Waals surface area contributed by atoms with Gasteiger partial charge in [-0.15, -0.1) is 5.10 Å². The maximum absolute atomic E-state index is 4.11. The van der Waals surface area contributed by atoms with E-state index in [0.29, 0.717) is 0 Å². The first-order valence-corrected chi connectivity index (χ1v) is 5.91. The Balaban J connectivity index is 2.06. The van der Waals surface area contributed by atoms with Gasteiger partial charge in [0.1, 0.15) is 0 Å². The van der Waals surface area contributed by atoms with E-state index in [0.717, 1.165) is 16.9 Å². The van der Waals surface area contributed by atoms with Crippen LogP contribution in [0.3, 0.4) is 0 Å². The summed E-state index contributed by atoms with van der Waals surface area (Å²) in [4.78, 5) is 0. The summed E-state index contributed by atoms with van der Waals surface area (Å²) < 4.78 is 1.76. The zero-order valence-corrected chi connectivity index (χ0v) is 10.7. The summed E-state index contributed by atoms with van der Waals surface area (Å²) in [6.45, 7) is 6.60. The molecule has 3 rings (SSSR count). The van der Waals surface area contributed by atoms with Gasteiger partial charge in [-0.2, -0.15) is 9.78 Å². The molecule has 0 aliphatic heterocycles. The number of nitrogens with one attached hydrogen (secondary N) is 1. The number of aromatic nitrogens is 5. The van der Waals surface area contributed by atoms with E-state index in [4.69, 9.17) is 0 Å². The smallest absolute Gasteiger partial charge is 0.179 e. The molecular weight excluding hydrogens is 226 g/mol. The highest BCUT2D eigenvalue weighted by Crippen LogP contribution is 2.23. The van der Waals surface area contributed by atoms with Crippen molar-refractivity contribution in [1.29, 1.82) is 0 Å². The summed E-state index contributed by atoms with van der Waals surface area (Å²) in [5, 5.41) is 15.0. The Morgan fingerprint density at radius 3 is 2.50 bits per heavy atom. The lowest BCUT2D eigenvalue weighted by atomic mass is 9.87. The summed E-state index contributed by atoms with van der Waals surface area (Å²) in [6.07, 6.45) is 1.67. The van der Waals surface area contributed by atoms with Crippen molar-refractivity contribution in [3.63, 3.8) is 0 Å². The molecule has 5 heteroatoms. The molecule has 1 aromatic carbocycles. The van der Waals surface area contributed by atoms with Crippen LogP contribution in [-0.2, 0) is 5.41 Å². The number of hydrogen-bond donors (Lipinski definition) is 1. The molecule has 5 nitrogen and oxygen atoms in total. The van der Waals surface area contributed by atoms with E-state index in [1.165, 1.54) is 5.56 Å². The molecule has 3 aromatic rings.